The largest absolute Gasteiger partial charge is 0.418 e. The van der Waals surface area contributed by atoms with Gasteiger partial charge in [0, 0.05) is 11.1 Å². The zero-order chi connectivity index (χ0) is 17.8. The van der Waals surface area contributed by atoms with Gasteiger partial charge in [-0.25, -0.2) is 4.98 Å². The van der Waals surface area contributed by atoms with Gasteiger partial charge in [-0.1, -0.05) is 35.9 Å². The van der Waals surface area contributed by atoms with Crippen molar-refractivity contribution >= 4 is 17.7 Å². The molecule has 0 atom stereocenters. The van der Waals surface area contributed by atoms with E-state index in [1.807, 2.05) is 31.2 Å². The zero-order valence-electron chi connectivity index (χ0n) is 13.4. The normalized spacial score (nSPS) is 10.3. The van der Waals surface area contributed by atoms with Crippen molar-refractivity contribution < 1.29 is 14.0 Å². The average Bonchev–Trinajstić information content (AvgIpc) is 3.05. The number of nitrogens with two attached hydrogens (primary N) is 1. The van der Waals surface area contributed by atoms with Crippen molar-refractivity contribution in [1.82, 2.24) is 10.4 Å². The van der Waals surface area contributed by atoms with E-state index in [0.29, 0.717) is 11.1 Å². The molecule has 0 aliphatic carbocycles. The first-order chi connectivity index (χ1) is 12.0. The maximum absolute atomic E-state index is 12.1. The lowest BCUT2D eigenvalue weighted by atomic mass is 10.1. The lowest BCUT2D eigenvalue weighted by Gasteiger charge is -2.06. The Balaban J connectivity index is 1.82. The summed E-state index contributed by atoms with van der Waals surface area (Å²) in [6, 6.07) is 16.0. The Labute approximate surface area is 143 Å². The Kier molecular flexibility index (Phi) is 4.47. The molecule has 2 amide bonds. The fourth-order valence-electron chi connectivity index (χ4n) is 2.17. The van der Waals surface area contributed by atoms with Gasteiger partial charge < -0.3 is 10.2 Å². The monoisotopic (exact) mass is 336 g/mol. The molecule has 0 fully saturated rings. The highest BCUT2D eigenvalue weighted by Crippen LogP contribution is 2.25. The van der Waals surface area contributed by atoms with Crippen molar-refractivity contribution in [2.45, 2.75) is 6.92 Å². The number of carbonyl (C=O) groups excluding carboxylic acids is 2. The minimum absolute atomic E-state index is 0.0210. The van der Waals surface area contributed by atoms with Crippen LogP contribution in [0.2, 0.25) is 0 Å². The second-order valence-corrected chi connectivity index (χ2v) is 5.37. The Bertz CT molecular complexity index is 902. The number of primary amides is 1. The van der Waals surface area contributed by atoms with E-state index < -0.39 is 5.91 Å². The molecular formula is C18H16N4O3. The summed E-state index contributed by atoms with van der Waals surface area (Å²) in [5.74, 6) is -0.944. The Morgan fingerprint density at radius 2 is 1.72 bits per heavy atom. The third-order valence-corrected chi connectivity index (χ3v) is 3.48. The summed E-state index contributed by atoms with van der Waals surface area (Å²) in [4.78, 5) is 27.7. The number of nitrogens with zero attached hydrogens (tertiary/aromatic N) is 1. The number of hydrogen-bond donors (Lipinski definition) is 3. The summed E-state index contributed by atoms with van der Waals surface area (Å²) in [7, 11) is 0. The molecule has 0 aliphatic rings. The number of amides is 2. The van der Waals surface area contributed by atoms with Crippen molar-refractivity contribution in [2.75, 3.05) is 5.43 Å². The predicted octanol–water partition coefficient (Wildman–Crippen LogP) is 2.51. The Morgan fingerprint density at radius 1 is 1.04 bits per heavy atom. The first-order valence-electron chi connectivity index (χ1n) is 7.53. The van der Waals surface area contributed by atoms with E-state index in [1.54, 1.807) is 30.3 Å². The number of rotatable bonds is 5. The number of hydrazine groups is 1. The molecule has 0 spiro atoms. The number of hydrogen-bond acceptors (Lipinski definition) is 5. The summed E-state index contributed by atoms with van der Waals surface area (Å²) in [6.07, 6.45) is 0. The first-order valence-corrected chi connectivity index (χ1v) is 7.53. The van der Waals surface area contributed by atoms with Gasteiger partial charge in [0.05, 0.1) is 0 Å². The van der Waals surface area contributed by atoms with E-state index in [0.717, 1.165) is 5.56 Å². The maximum Gasteiger partial charge on any atom is 0.273 e. The van der Waals surface area contributed by atoms with Crippen LogP contribution in [0.4, 0.5) is 5.88 Å². The molecule has 0 saturated carbocycles. The lowest BCUT2D eigenvalue weighted by Crippen LogP contribution is -2.30. The summed E-state index contributed by atoms with van der Waals surface area (Å²) in [6.45, 7) is 1.96. The fraction of sp³-hybridized carbons (Fsp3) is 0.0556. The SMILES string of the molecule is Cc1ccc(-c2nc(C(N)=O)c(NNC(=O)c3ccccc3)o2)cc1. The molecule has 0 aliphatic heterocycles. The van der Waals surface area contributed by atoms with Gasteiger partial charge >= 0.3 is 0 Å². The third-order valence-electron chi connectivity index (χ3n) is 3.48. The van der Waals surface area contributed by atoms with E-state index in [2.05, 4.69) is 15.8 Å². The molecule has 3 rings (SSSR count). The molecule has 0 bridgehead atoms. The third kappa shape index (κ3) is 3.66. The summed E-state index contributed by atoms with van der Waals surface area (Å²) < 4.78 is 5.55. The van der Waals surface area contributed by atoms with Gasteiger partial charge in [0.2, 0.25) is 11.8 Å². The Hall–Kier alpha value is -3.61. The molecule has 126 valence electrons. The second-order valence-electron chi connectivity index (χ2n) is 5.37. The number of aromatic nitrogens is 1. The molecule has 4 N–H and O–H groups in total. The van der Waals surface area contributed by atoms with Crippen LogP contribution in [0.1, 0.15) is 26.4 Å². The van der Waals surface area contributed by atoms with Crippen LogP contribution in [0.25, 0.3) is 11.5 Å². The smallest absolute Gasteiger partial charge is 0.273 e. The van der Waals surface area contributed by atoms with Gasteiger partial charge in [0.25, 0.3) is 11.8 Å². The average molecular weight is 336 g/mol. The number of aryl methyl sites for hydroxylation is 1. The highest BCUT2D eigenvalue weighted by Gasteiger charge is 2.19. The molecule has 7 nitrogen and oxygen atoms in total. The van der Waals surface area contributed by atoms with Crippen molar-refractivity contribution in [3.63, 3.8) is 0 Å². The van der Waals surface area contributed by atoms with Crippen molar-refractivity contribution in [3.8, 4) is 11.5 Å². The van der Waals surface area contributed by atoms with Crippen LogP contribution in [-0.2, 0) is 0 Å². The van der Waals surface area contributed by atoms with Gasteiger partial charge in [-0.2, -0.15) is 0 Å². The molecule has 0 saturated heterocycles. The summed E-state index contributed by atoms with van der Waals surface area (Å²) in [5, 5.41) is 0. The van der Waals surface area contributed by atoms with Gasteiger partial charge in [-0.05, 0) is 31.2 Å². The predicted molar refractivity (Wildman–Crippen MR) is 92.7 cm³/mol. The molecule has 25 heavy (non-hydrogen) atoms. The van der Waals surface area contributed by atoms with Crippen LogP contribution < -0.4 is 16.6 Å². The number of benzene rings is 2. The number of nitrogens with one attached hydrogen (secondary N) is 2. The second kappa shape index (κ2) is 6.88. The lowest BCUT2D eigenvalue weighted by molar-refractivity contribution is 0.0957. The molecule has 1 heterocycles. The van der Waals surface area contributed by atoms with Crippen LogP contribution in [0.5, 0.6) is 0 Å². The molecular weight excluding hydrogens is 320 g/mol. The molecule has 1 aromatic heterocycles. The topological polar surface area (TPSA) is 110 Å². The first kappa shape index (κ1) is 16.3. The van der Waals surface area contributed by atoms with Crippen LogP contribution in [0.3, 0.4) is 0 Å². The molecule has 2 aromatic carbocycles. The van der Waals surface area contributed by atoms with Crippen LogP contribution in [0.15, 0.2) is 59.0 Å². The van der Waals surface area contributed by atoms with E-state index in [9.17, 15) is 9.59 Å². The minimum Gasteiger partial charge on any atom is -0.418 e. The molecule has 7 heteroatoms. The quantitative estimate of drug-likeness (QED) is 0.620. The van der Waals surface area contributed by atoms with E-state index in [-0.39, 0.29) is 23.4 Å². The summed E-state index contributed by atoms with van der Waals surface area (Å²) in [5.41, 5.74) is 12.5. The van der Waals surface area contributed by atoms with E-state index in [1.165, 1.54) is 0 Å². The van der Waals surface area contributed by atoms with Crippen LogP contribution >= 0.6 is 0 Å². The van der Waals surface area contributed by atoms with Crippen molar-refractivity contribution in [3.05, 3.63) is 71.4 Å². The van der Waals surface area contributed by atoms with Gasteiger partial charge in [-0.3, -0.25) is 20.4 Å². The Morgan fingerprint density at radius 3 is 2.36 bits per heavy atom. The minimum atomic E-state index is -0.765. The molecule has 3 aromatic rings. The van der Waals surface area contributed by atoms with E-state index in [4.69, 9.17) is 10.2 Å². The van der Waals surface area contributed by atoms with Crippen LogP contribution in [-0.4, -0.2) is 16.8 Å². The highest BCUT2D eigenvalue weighted by atomic mass is 16.4. The number of anilines is 1. The van der Waals surface area contributed by atoms with Gasteiger partial charge in [-0.15, -0.1) is 0 Å². The zero-order valence-corrected chi connectivity index (χ0v) is 13.4. The summed E-state index contributed by atoms with van der Waals surface area (Å²) >= 11 is 0. The van der Waals surface area contributed by atoms with Gasteiger partial charge in [0.15, 0.2) is 5.69 Å². The number of carbonyl (C=O) groups is 2. The van der Waals surface area contributed by atoms with Crippen LogP contribution in [0, 0.1) is 6.92 Å². The van der Waals surface area contributed by atoms with Crippen molar-refractivity contribution in [2.24, 2.45) is 5.73 Å². The number of oxazole rings is 1. The fourth-order valence-corrected chi connectivity index (χ4v) is 2.17. The maximum atomic E-state index is 12.1. The molecule has 0 radical (unpaired) electrons. The van der Waals surface area contributed by atoms with E-state index >= 15 is 0 Å². The standard InChI is InChI=1S/C18H16N4O3/c1-11-7-9-13(10-8-11)17-20-14(15(19)23)18(25-17)22-21-16(24)12-5-3-2-4-6-12/h2-10,22H,1H3,(H2,19,23)(H,21,24). The van der Waals surface area contributed by atoms with Crippen molar-refractivity contribution in [1.29, 1.82) is 0 Å². The van der Waals surface area contributed by atoms with Gasteiger partial charge in [0.1, 0.15) is 0 Å². The molecule has 0 unspecified atom stereocenters. The highest BCUT2D eigenvalue weighted by molar-refractivity contribution is 5.97.